The molecule has 1 heterocycles. The van der Waals surface area contributed by atoms with Crippen LogP contribution in [0.1, 0.15) is 29.6 Å². The minimum absolute atomic E-state index is 0.157. The highest BCUT2D eigenvalue weighted by atomic mass is 15.4. The van der Waals surface area contributed by atoms with E-state index in [1.54, 1.807) is 6.20 Å². The van der Waals surface area contributed by atoms with Crippen molar-refractivity contribution in [3.8, 4) is 0 Å². The van der Waals surface area contributed by atoms with Crippen molar-refractivity contribution < 1.29 is 0 Å². The molecule has 0 radical (unpaired) electrons. The van der Waals surface area contributed by atoms with Gasteiger partial charge in [0.25, 0.3) is 0 Å². The van der Waals surface area contributed by atoms with Crippen LogP contribution in [0.15, 0.2) is 36.7 Å². The molecule has 0 spiro atoms. The molecule has 0 amide bonds. The number of aromatic nitrogens is 3. The van der Waals surface area contributed by atoms with Crippen LogP contribution in [0.4, 0.5) is 0 Å². The summed E-state index contributed by atoms with van der Waals surface area (Å²) in [5, 5.41) is 11.3. The number of hydrogen-bond donors (Lipinski definition) is 2. The summed E-state index contributed by atoms with van der Waals surface area (Å²) in [6.07, 6.45) is 4.54. The van der Waals surface area contributed by atoms with Gasteiger partial charge in [-0.1, -0.05) is 29.5 Å². The number of benzene rings is 1. The van der Waals surface area contributed by atoms with Crippen molar-refractivity contribution in [2.75, 3.05) is 6.54 Å². The summed E-state index contributed by atoms with van der Waals surface area (Å²) in [7, 11) is 0. The Kier molecular flexibility index (Phi) is 3.08. The Morgan fingerprint density at radius 1 is 1.33 bits per heavy atom. The summed E-state index contributed by atoms with van der Waals surface area (Å²) in [5.41, 5.74) is 8.75. The van der Waals surface area contributed by atoms with E-state index in [1.165, 1.54) is 11.1 Å². The van der Waals surface area contributed by atoms with E-state index < -0.39 is 0 Å². The molecule has 0 saturated heterocycles. The molecule has 0 bridgehead atoms. The zero-order valence-corrected chi connectivity index (χ0v) is 10.2. The second-order valence-corrected chi connectivity index (χ2v) is 4.64. The van der Waals surface area contributed by atoms with Crippen molar-refractivity contribution in [2.45, 2.75) is 25.0 Å². The molecular weight excluding hydrogens is 226 g/mol. The van der Waals surface area contributed by atoms with Crippen LogP contribution < -0.4 is 11.1 Å². The minimum Gasteiger partial charge on any atom is -0.324 e. The lowest BCUT2D eigenvalue weighted by atomic mass is 10.1. The zero-order chi connectivity index (χ0) is 12.4. The third-order valence-electron chi connectivity index (χ3n) is 3.46. The monoisotopic (exact) mass is 243 g/mol. The van der Waals surface area contributed by atoms with Gasteiger partial charge in [0.1, 0.15) is 0 Å². The van der Waals surface area contributed by atoms with E-state index in [0.29, 0.717) is 6.04 Å². The van der Waals surface area contributed by atoms with Gasteiger partial charge in [0, 0.05) is 24.8 Å². The summed E-state index contributed by atoms with van der Waals surface area (Å²) in [5.74, 6) is 0. The highest BCUT2D eigenvalue weighted by Gasteiger charge is 2.27. The predicted molar refractivity (Wildman–Crippen MR) is 68.8 cm³/mol. The Morgan fingerprint density at radius 2 is 2.17 bits per heavy atom. The van der Waals surface area contributed by atoms with Gasteiger partial charge in [0.15, 0.2) is 0 Å². The van der Waals surface area contributed by atoms with Crippen LogP contribution in [0.5, 0.6) is 0 Å². The van der Waals surface area contributed by atoms with Crippen LogP contribution in [0.3, 0.4) is 0 Å². The second kappa shape index (κ2) is 4.88. The average molecular weight is 243 g/mol. The molecule has 1 aromatic heterocycles. The number of nitrogens with one attached hydrogen (secondary N) is 1. The van der Waals surface area contributed by atoms with Crippen molar-refractivity contribution >= 4 is 0 Å². The summed E-state index contributed by atoms with van der Waals surface area (Å²) < 4.78 is 1.83. The molecular formula is C13H17N5. The largest absolute Gasteiger partial charge is 0.324 e. The molecule has 3 rings (SSSR count). The Hall–Kier alpha value is -1.72. The van der Waals surface area contributed by atoms with Crippen molar-refractivity contribution in [1.29, 1.82) is 0 Å². The number of rotatable bonds is 4. The number of fused-ring (bicyclic) bond motifs is 1. The Bertz CT molecular complexity index is 508. The maximum Gasteiger partial charge on any atom is 0.0692 e. The first-order valence-electron chi connectivity index (χ1n) is 6.26. The molecule has 1 aliphatic carbocycles. The van der Waals surface area contributed by atoms with Gasteiger partial charge in [-0.05, 0) is 17.5 Å². The molecule has 5 nitrogen and oxygen atoms in total. The average Bonchev–Trinajstić information content (AvgIpc) is 3.00. The van der Waals surface area contributed by atoms with Gasteiger partial charge < -0.3 is 11.1 Å². The molecule has 0 fully saturated rings. The van der Waals surface area contributed by atoms with Gasteiger partial charge in [-0.3, -0.25) is 4.68 Å². The van der Waals surface area contributed by atoms with Crippen LogP contribution in [-0.4, -0.2) is 21.5 Å². The van der Waals surface area contributed by atoms with E-state index in [2.05, 4.69) is 39.9 Å². The lowest BCUT2D eigenvalue weighted by Crippen LogP contribution is -2.24. The van der Waals surface area contributed by atoms with E-state index in [1.807, 2.05) is 10.9 Å². The SMILES string of the molecule is NC1CC(NCCn2ccnn2)c2ccccc21. The zero-order valence-electron chi connectivity index (χ0n) is 10.2. The van der Waals surface area contributed by atoms with Gasteiger partial charge >= 0.3 is 0 Å². The van der Waals surface area contributed by atoms with E-state index in [4.69, 9.17) is 5.73 Å². The first kappa shape index (κ1) is 11.4. The van der Waals surface area contributed by atoms with Crippen LogP contribution in [0.2, 0.25) is 0 Å². The fourth-order valence-electron chi connectivity index (χ4n) is 2.57. The molecule has 3 N–H and O–H groups in total. The van der Waals surface area contributed by atoms with Crippen LogP contribution in [0.25, 0.3) is 0 Å². The quantitative estimate of drug-likeness (QED) is 0.841. The fourth-order valence-corrected chi connectivity index (χ4v) is 2.57. The van der Waals surface area contributed by atoms with E-state index in [9.17, 15) is 0 Å². The fraction of sp³-hybridized carbons (Fsp3) is 0.385. The highest BCUT2D eigenvalue weighted by molar-refractivity contribution is 5.37. The molecule has 2 atom stereocenters. The standard InChI is InChI=1S/C13H17N5/c14-12-9-13(11-4-2-1-3-10(11)12)15-5-7-18-8-6-16-17-18/h1-4,6,8,12-13,15H,5,7,9,14H2. The Morgan fingerprint density at radius 3 is 2.94 bits per heavy atom. The molecule has 5 heteroatoms. The van der Waals surface area contributed by atoms with Crippen molar-refractivity contribution in [3.63, 3.8) is 0 Å². The first-order valence-corrected chi connectivity index (χ1v) is 6.26. The molecule has 18 heavy (non-hydrogen) atoms. The Labute approximate surface area is 106 Å². The topological polar surface area (TPSA) is 68.8 Å². The molecule has 94 valence electrons. The van der Waals surface area contributed by atoms with Gasteiger partial charge in [-0.15, -0.1) is 5.10 Å². The molecule has 1 aromatic carbocycles. The van der Waals surface area contributed by atoms with Crippen LogP contribution >= 0.6 is 0 Å². The van der Waals surface area contributed by atoms with Crippen LogP contribution in [-0.2, 0) is 6.54 Å². The first-order chi connectivity index (χ1) is 8.84. The lowest BCUT2D eigenvalue weighted by molar-refractivity contribution is 0.461. The van der Waals surface area contributed by atoms with E-state index in [0.717, 1.165) is 19.5 Å². The number of hydrogen-bond acceptors (Lipinski definition) is 4. The van der Waals surface area contributed by atoms with Gasteiger partial charge in [0.2, 0.25) is 0 Å². The summed E-state index contributed by atoms with van der Waals surface area (Å²) in [6, 6.07) is 8.93. The molecule has 2 unspecified atom stereocenters. The second-order valence-electron chi connectivity index (χ2n) is 4.64. The van der Waals surface area contributed by atoms with Gasteiger partial charge in [0.05, 0.1) is 12.7 Å². The van der Waals surface area contributed by atoms with Gasteiger partial charge in [-0.2, -0.15) is 0 Å². The predicted octanol–water partition coefficient (Wildman–Crippen LogP) is 1.01. The maximum absolute atomic E-state index is 6.14. The maximum atomic E-state index is 6.14. The summed E-state index contributed by atoms with van der Waals surface area (Å²) >= 11 is 0. The van der Waals surface area contributed by atoms with E-state index >= 15 is 0 Å². The van der Waals surface area contributed by atoms with Crippen LogP contribution in [0, 0.1) is 0 Å². The normalized spacial score (nSPS) is 22.1. The smallest absolute Gasteiger partial charge is 0.0692 e. The lowest BCUT2D eigenvalue weighted by Gasteiger charge is -2.13. The third-order valence-corrected chi connectivity index (χ3v) is 3.46. The van der Waals surface area contributed by atoms with E-state index in [-0.39, 0.29) is 6.04 Å². The highest BCUT2D eigenvalue weighted by Crippen LogP contribution is 2.36. The molecule has 2 aromatic rings. The minimum atomic E-state index is 0.157. The van der Waals surface area contributed by atoms with Crippen molar-refractivity contribution in [2.24, 2.45) is 5.73 Å². The molecule has 0 aliphatic heterocycles. The van der Waals surface area contributed by atoms with Crippen molar-refractivity contribution in [3.05, 3.63) is 47.8 Å². The molecule has 0 saturated carbocycles. The molecule has 1 aliphatic rings. The number of nitrogens with zero attached hydrogens (tertiary/aromatic N) is 3. The Balaban J connectivity index is 1.61. The van der Waals surface area contributed by atoms with Crippen molar-refractivity contribution in [1.82, 2.24) is 20.3 Å². The summed E-state index contributed by atoms with van der Waals surface area (Å²) in [4.78, 5) is 0. The number of nitrogens with two attached hydrogens (primary N) is 1. The summed E-state index contributed by atoms with van der Waals surface area (Å²) in [6.45, 7) is 1.70. The third kappa shape index (κ3) is 2.14. The van der Waals surface area contributed by atoms with Gasteiger partial charge in [-0.25, -0.2) is 0 Å².